The second kappa shape index (κ2) is 3.96. The van der Waals surface area contributed by atoms with Gasteiger partial charge in [-0.15, -0.1) is 0 Å². The van der Waals surface area contributed by atoms with Crippen molar-refractivity contribution in [3.63, 3.8) is 0 Å². The van der Waals surface area contributed by atoms with Crippen molar-refractivity contribution >= 4 is 0 Å². The number of methoxy groups -OCH3 is 1. The van der Waals surface area contributed by atoms with Crippen molar-refractivity contribution in [1.82, 2.24) is 5.48 Å². The lowest BCUT2D eigenvalue weighted by molar-refractivity contribution is 0.134. The summed E-state index contributed by atoms with van der Waals surface area (Å²) in [7, 11) is 1.62. The van der Waals surface area contributed by atoms with Gasteiger partial charge in [0, 0.05) is 12.1 Å². The Bertz CT molecular complexity index is 338. The van der Waals surface area contributed by atoms with E-state index in [1.54, 1.807) is 7.11 Å². The van der Waals surface area contributed by atoms with Crippen LogP contribution in [0, 0.1) is 0 Å². The van der Waals surface area contributed by atoms with Crippen molar-refractivity contribution in [2.75, 3.05) is 7.11 Å². The Balaban J connectivity index is 2.38. The lowest BCUT2D eigenvalue weighted by Gasteiger charge is -2.09. The summed E-state index contributed by atoms with van der Waals surface area (Å²) in [6.07, 6.45) is 0. The summed E-state index contributed by atoms with van der Waals surface area (Å²) in [5, 5.41) is 8.65. The molecule has 0 saturated carbocycles. The van der Waals surface area contributed by atoms with Gasteiger partial charge in [0.25, 0.3) is 0 Å². The molecule has 0 fully saturated rings. The number of hydrogen-bond donors (Lipinski definition) is 2. The van der Waals surface area contributed by atoms with Gasteiger partial charge in [0.15, 0.2) is 0 Å². The molecule has 4 heteroatoms. The van der Waals surface area contributed by atoms with E-state index in [-0.39, 0.29) is 0 Å². The highest BCUT2D eigenvalue weighted by atomic mass is 16.5. The van der Waals surface area contributed by atoms with E-state index in [9.17, 15) is 0 Å². The standard InChI is InChI=1S/C10H13NO3/c1-13-10-3-9-6-14-5-8(9)2-7(10)4-11-12/h2-3,11-12H,4-6H2,1H3. The van der Waals surface area contributed by atoms with E-state index in [0.717, 1.165) is 11.3 Å². The van der Waals surface area contributed by atoms with Crippen molar-refractivity contribution in [3.05, 3.63) is 28.8 Å². The quantitative estimate of drug-likeness (QED) is 0.712. The molecule has 1 aromatic carbocycles. The van der Waals surface area contributed by atoms with Crippen LogP contribution in [0.4, 0.5) is 0 Å². The second-order valence-electron chi connectivity index (χ2n) is 3.26. The molecule has 0 unspecified atom stereocenters. The van der Waals surface area contributed by atoms with Crippen LogP contribution < -0.4 is 10.2 Å². The van der Waals surface area contributed by atoms with Crippen molar-refractivity contribution in [2.45, 2.75) is 19.8 Å². The monoisotopic (exact) mass is 195 g/mol. The zero-order valence-electron chi connectivity index (χ0n) is 8.04. The Kier molecular flexibility index (Phi) is 2.67. The maximum Gasteiger partial charge on any atom is 0.123 e. The van der Waals surface area contributed by atoms with Gasteiger partial charge in [0.05, 0.1) is 20.3 Å². The van der Waals surface area contributed by atoms with Gasteiger partial charge in [-0.05, 0) is 23.3 Å². The van der Waals surface area contributed by atoms with Crippen LogP contribution in [-0.4, -0.2) is 12.3 Å². The molecular weight excluding hydrogens is 182 g/mol. The summed E-state index contributed by atoms with van der Waals surface area (Å²) in [5.74, 6) is 0.788. The lowest BCUT2D eigenvalue weighted by atomic mass is 10.1. The Hall–Kier alpha value is -1.10. The average molecular weight is 195 g/mol. The molecule has 1 heterocycles. The van der Waals surface area contributed by atoms with Crippen molar-refractivity contribution in [3.8, 4) is 5.75 Å². The number of ether oxygens (including phenoxy) is 2. The van der Waals surface area contributed by atoms with E-state index < -0.39 is 0 Å². The number of nitrogens with one attached hydrogen (secondary N) is 1. The van der Waals surface area contributed by atoms with Gasteiger partial charge in [-0.1, -0.05) is 0 Å². The van der Waals surface area contributed by atoms with Crippen molar-refractivity contribution < 1.29 is 14.7 Å². The Morgan fingerprint density at radius 1 is 1.43 bits per heavy atom. The van der Waals surface area contributed by atoms with Crippen LogP contribution >= 0.6 is 0 Å². The molecule has 76 valence electrons. The van der Waals surface area contributed by atoms with Gasteiger partial charge in [-0.2, -0.15) is 0 Å². The van der Waals surface area contributed by atoms with Gasteiger partial charge < -0.3 is 14.7 Å². The topological polar surface area (TPSA) is 50.7 Å². The minimum absolute atomic E-state index is 0.385. The van der Waals surface area contributed by atoms with Gasteiger partial charge in [-0.3, -0.25) is 0 Å². The third-order valence-electron chi connectivity index (χ3n) is 2.39. The molecule has 14 heavy (non-hydrogen) atoms. The summed E-state index contributed by atoms with van der Waals surface area (Å²) >= 11 is 0. The SMILES string of the molecule is COc1cc2c(cc1CNO)COC2. The Morgan fingerprint density at radius 2 is 2.14 bits per heavy atom. The number of rotatable bonds is 3. The molecule has 1 aliphatic rings. The fourth-order valence-corrected chi connectivity index (χ4v) is 1.67. The number of benzene rings is 1. The zero-order valence-corrected chi connectivity index (χ0v) is 8.04. The van der Waals surface area contributed by atoms with Crippen LogP contribution in [-0.2, 0) is 24.5 Å². The van der Waals surface area contributed by atoms with Gasteiger partial charge >= 0.3 is 0 Å². The molecule has 0 radical (unpaired) electrons. The van der Waals surface area contributed by atoms with Crippen molar-refractivity contribution in [1.29, 1.82) is 0 Å². The van der Waals surface area contributed by atoms with Gasteiger partial charge in [-0.25, -0.2) is 5.48 Å². The van der Waals surface area contributed by atoms with E-state index in [1.165, 1.54) is 11.1 Å². The molecule has 0 aliphatic carbocycles. The third-order valence-corrected chi connectivity index (χ3v) is 2.39. The number of fused-ring (bicyclic) bond motifs is 1. The molecule has 2 rings (SSSR count). The normalized spacial score (nSPS) is 14.1. The first-order chi connectivity index (χ1) is 6.85. The van der Waals surface area contributed by atoms with Crippen LogP contribution in [0.5, 0.6) is 5.75 Å². The minimum atomic E-state index is 0.385. The predicted molar refractivity (Wildman–Crippen MR) is 50.1 cm³/mol. The van der Waals surface area contributed by atoms with Crippen LogP contribution in [0.1, 0.15) is 16.7 Å². The van der Waals surface area contributed by atoms with Crippen LogP contribution in [0.2, 0.25) is 0 Å². The molecule has 4 nitrogen and oxygen atoms in total. The maximum absolute atomic E-state index is 8.65. The molecule has 0 atom stereocenters. The van der Waals surface area contributed by atoms with E-state index >= 15 is 0 Å². The van der Waals surface area contributed by atoms with Crippen LogP contribution in [0.25, 0.3) is 0 Å². The largest absolute Gasteiger partial charge is 0.496 e. The van der Waals surface area contributed by atoms with Gasteiger partial charge in [0.1, 0.15) is 5.75 Å². The molecule has 0 bridgehead atoms. The van der Waals surface area contributed by atoms with Crippen LogP contribution in [0.3, 0.4) is 0 Å². The highest BCUT2D eigenvalue weighted by Gasteiger charge is 2.15. The molecule has 0 aromatic heterocycles. The lowest BCUT2D eigenvalue weighted by Crippen LogP contribution is -2.08. The molecule has 2 N–H and O–H groups in total. The first-order valence-corrected chi connectivity index (χ1v) is 4.48. The summed E-state index contributed by atoms with van der Waals surface area (Å²) in [6, 6.07) is 3.97. The Labute approximate surface area is 82.4 Å². The van der Waals surface area contributed by atoms with E-state index in [1.807, 2.05) is 12.1 Å². The summed E-state index contributed by atoms with van der Waals surface area (Å²) in [6.45, 7) is 1.69. The van der Waals surface area contributed by atoms with Gasteiger partial charge in [0.2, 0.25) is 0 Å². The van der Waals surface area contributed by atoms with E-state index in [0.29, 0.717) is 19.8 Å². The van der Waals surface area contributed by atoms with Crippen LogP contribution in [0.15, 0.2) is 12.1 Å². The molecule has 1 aliphatic heterocycles. The van der Waals surface area contributed by atoms with Crippen molar-refractivity contribution in [2.24, 2.45) is 0 Å². The summed E-state index contributed by atoms with van der Waals surface area (Å²) in [4.78, 5) is 0. The highest BCUT2D eigenvalue weighted by Crippen LogP contribution is 2.28. The predicted octanol–water partition coefficient (Wildman–Crippen LogP) is 1.20. The Morgan fingerprint density at radius 3 is 2.79 bits per heavy atom. The molecular formula is C10H13NO3. The maximum atomic E-state index is 8.65. The fourth-order valence-electron chi connectivity index (χ4n) is 1.67. The minimum Gasteiger partial charge on any atom is -0.496 e. The number of hydrogen-bond acceptors (Lipinski definition) is 4. The average Bonchev–Trinajstić information content (AvgIpc) is 2.64. The molecule has 0 amide bonds. The molecule has 0 saturated heterocycles. The van der Waals surface area contributed by atoms with E-state index in [2.05, 4.69) is 5.48 Å². The summed E-state index contributed by atoms with van der Waals surface area (Å²) < 4.78 is 10.5. The van der Waals surface area contributed by atoms with E-state index in [4.69, 9.17) is 14.7 Å². The smallest absolute Gasteiger partial charge is 0.123 e. The highest BCUT2D eigenvalue weighted by molar-refractivity contribution is 5.43. The zero-order chi connectivity index (χ0) is 9.97. The first kappa shape index (κ1) is 9.45. The number of hydroxylamine groups is 1. The third kappa shape index (κ3) is 1.59. The second-order valence-corrected chi connectivity index (χ2v) is 3.26. The molecule has 1 aromatic rings. The fraction of sp³-hybridized carbons (Fsp3) is 0.400. The first-order valence-electron chi connectivity index (χ1n) is 4.48. The summed E-state index contributed by atoms with van der Waals surface area (Å²) in [5.41, 5.74) is 5.42. The molecule has 0 spiro atoms.